The number of hydrogen-bond acceptors (Lipinski definition) is 7. The lowest BCUT2D eigenvalue weighted by Crippen LogP contribution is -2.23. The molecule has 4 rings (SSSR count). The molecule has 3 aromatic rings. The first-order valence-electron chi connectivity index (χ1n) is 12.8. The molecule has 2 N–H and O–H groups in total. The van der Waals surface area contributed by atoms with Crippen molar-refractivity contribution in [3.8, 4) is 17.2 Å². The van der Waals surface area contributed by atoms with Gasteiger partial charge in [0, 0.05) is 25.6 Å². The molecule has 0 radical (unpaired) electrons. The van der Waals surface area contributed by atoms with Gasteiger partial charge in [-0.1, -0.05) is 36.4 Å². The molecule has 0 aliphatic carbocycles. The Morgan fingerprint density at radius 2 is 1.30 bits per heavy atom. The maximum absolute atomic E-state index is 9.98. The SMILES string of the molecule is CCOCC(O)COc1ccc(C(c2ccc(OCCCO)cc2)c2ccc(OCC3CO3)cc2)cc1. The zero-order valence-corrected chi connectivity index (χ0v) is 21.3. The zero-order chi connectivity index (χ0) is 25.9. The number of hydrogen-bond donors (Lipinski definition) is 2. The third-order valence-electron chi connectivity index (χ3n) is 6.01. The van der Waals surface area contributed by atoms with Crippen LogP contribution in [-0.2, 0) is 9.47 Å². The minimum Gasteiger partial charge on any atom is -0.494 e. The Labute approximate surface area is 218 Å². The van der Waals surface area contributed by atoms with E-state index < -0.39 is 6.10 Å². The summed E-state index contributed by atoms with van der Waals surface area (Å²) in [5.41, 5.74) is 3.36. The summed E-state index contributed by atoms with van der Waals surface area (Å²) in [5, 5.41) is 19.0. The van der Waals surface area contributed by atoms with E-state index in [9.17, 15) is 5.11 Å². The van der Waals surface area contributed by atoms with Gasteiger partial charge in [0.25, 0.3) is 0 Å². The minimum atomic E-state index is -0.669. The van der Waals surface area contributed by atoms with Crippen LogP contribution < -0.4 is 14.2 Å². The molecule has 1 heterocycles. The van der Waals surface area contributed by atoms with Gasteiger partial charge in [0.1, 0.15) is 42.7 Å². The summed E-state index contributed by atoms with van der Waals surface area (Å²) >= 11 is 0. The van der Waals surface area contributed by atoms with Crippen LogP contribution in [0.4, 0.5) is 0 Å². The molecule has 3 atom stereocenters. The van der Waals surface area contributed by atoms with E-state index in [2.05, 4.69) is 36.4 Å². The Hall–Kier alpha value is -3.10. The van der Waals surface area contributed by atoms with Gasteiger partial charge in [-0.15, -0.1) is 0 Å². The first-order chi connectivity index (χ1) is 18.2. The van der Waals surface area contributed by atoms with Gasteiger partial charge in [-0.3, -0.25) is 0 Å². The largest absolute Gasteiger partial charge is 0.494 e. The molecule has 7 heteroatoms. The molecule has 0 amide bonds. The maximum atomic E-state index is 9.98. The standard InChI is InChI=1S/C30H36O7/c1-2-33-18-25(32)19-35-27-12-6-23(7-13-27)30(22-4-10-26(11-5-22)34-17-3-16-31)24-8-14-28(15-9-24)36-20-29-21-37-29/h4-15,25,29-32H,2-3,16-21H2,1H3. The summed E-state index contributed by atoms with van der Waals surface area (Å²) in [7, 11) is 0. The van der Waals surface area contributed by atoms with E-state index in [0.29, 0.717) is 32.0 Å². The van der Waals surface area contributed by atoms with Crippen molar-refractivity contribution in [1.82, 2.24) is 0 Å². The average molecular weight is 509 g/mol. The third kappa shape index (κ3) is 8.47. The van der Waals surface area contributed by atoms with Gasteiger partial charge in [-0.25, -0.2) is 0 Å². The van der Waals surface area contributed by atoms with Crippen LogP contribution in [0, 0.1) is 0 Å². The van der Waals surface area contributed by atoms with Crippen molar-refractivity contribution < 1.29 is 33.9 Å². The van der Waals surface area contributed by atoms with Crippen LogP contribution in [0.25, 0.3) is 0 Å². The molecule has 0 bridgehead atoms. The van der Waals surface area contributed by atoms with Crippen LogP contribution in [0.3, 0.4) is 0 Å². The fraction of sp³-hybridized carbons (Fsp3) is 0.400. The zero-order valence-electron chi connectivity index (χ0n) is 21.3. The molecule has 3 unspecified atom stereocenters. The molecule has 37 heavy (non-hydrogen) atoms. The number of benzene rings is 3. The fourth-order valence-corrected chi connectivity index (χ4v) is 3.95. The molecule has 3 aromatic carbocycles. The van der Waals surface area contributed by atoms with Gasteiger partial charge in [-0.2, -0.15) is 0 Å². The molecule has 0 spiro atoms. The highest BCUT2D eigenvalue weighted by Crippen LogP contribution is 2.34. The molecule has 0 saturated carbocycles. The highest BCUT2D eigenvalue weighted by Gasteiger charge is 2.23. The molecule has 1 aliphatic heterocycles. The van der Waals surface area contributed by atoms with Crippen LogP contribution in [0.2, 0.25) is 0 Å². The summed E-state index contributed by atoms with van der Waals surface area (Å²) in [6.07, 6.45) is 0.146. The quantitative estimate of drug-likeness (QED) is 0.170. The smallest absolute Gasteiger partial charge is 0.119 e. The lowest BCUT2D eigenvalue weighted by atomic mass is 9.85. The predicted molar refractivity (Wildman–Crippen MR) is 141 cm³/mol. The van der Waals surface area contributed by atoms with Gasteiger partial charge in [0.15, 0.2) is 0 Å². The molecule has 0 aromatic heterocycles. The lowest BCUT2D eigenvalue weighted by molar-refractivity contribution is 0.0164. The Morgan fingerprint density at radius 3 is 1.78 bits per heavy atom. The maximum Gasteiger partial charge on any atom is 0.119 e. The monoisotopic (exact) mass is 508 g/mol. The molecule has 1 fully saturated rings. The van der Waals surface area contributed by atoms with Crippen molar-refractivity contribution in [3.05, 3.63) is 89.5 Å². The van der Waals surface area contributed by atoms with E-state index in [0.717, 1.165) is 34.8 Å². The normalized spacial score (nSPS) is 16.1. The van der Waals surface area contributed by atoms with E-state index in [-0.39, 0.29) is 31.8 Å². The number of aliphatic hydroxyl groups is 2. The Balaban J connectivity index is 1.50. The Bertz CT molecular complexity index is 1050. The first kappa shape index (κ1) is 26.9. The second kappa shape index (κ2) is 14.0. The number of rotatable bonds is 16. The summed E-state index contributed by atoms with van der Waals surface area (Å²) in [5.74, 6) is 2.28. The first-order valence-corrected chi connectivity index (χ1v) is 12.8. The average Bonchev–Trinajstić information content (AvgIpc) is 3.77. The van der Waals surface area contributed by atoms with E-state index in [1.54, 1.807) is 0 Å². The second-order valence-corrected chi connectivity index (χ2v) is 8.96. The van der Waals surface area contributed by atoms with Crippen molar-refractivity contribution in [2.45, 2.75) is 31.5 Å². The molecule has 198 valence electrons. The lowest BCUT2D eigenvalue weighted by Gasteiger charge is -2.20. The van der Waals surface area contributed by atoms with Crippen LogP contribution >= 0.6 is 0 Å². The van der Waals surface area contributed by atoms with E-state index in [1.165, 1.54) is 0 Å². The summed E-state index contributed by atoms with van der Waals surface area (Å²) in [4.78, 5) is 0. The summed E-state index contributed by atoms with van der Waals surface area (Å²) < 4.78 is 27.8. The third-order valence-corrected chi connectivity index (χ3v) is 6.01. The highest BCUT2D eigenvalue weighted by atomic mass is 16.6. The van der Waals surface area contributed by atoms with Crippen LogP contribution in [0.5, 0.6) is 17.2 Å². The number of aliphatic hydroxyl groups excluding tert-OH is 2. The topological polar surface area (TPSA) is 89.9 Å². The van der Waals surface area contributed by atoms with Gasteiger partial charge in [-0.05, 0) is 60.0 Å². The fourth-order valence-electron chi connectivity index (χ4n) is 3.95. The minimum absolute atomic E-state index is 0.00935. The van der Waals surface area contributed by atoms with E-state index >= 15 is 0 Å². The molecule has 1 aliphatic rings. The summed E-state index contributed by atoms with van der Waals surface area (Å²) in [6.45, 7) is 4.81. The molecular weight excluding hydrogens is 472 g/mol. The van der Waals surface area contributed by atoms with Crippen molar-refractivity contribution in [2.75, 3.05) is 46.2 Å². The Morgan fingerprint density at radius 1 is 0.784 bits per heavy atom. The van der Waals surface area contributed by atoms with Crippen molar-refractivity contribution >= 4 is 0 Å². The van der Waals surface area contributed by atoms with Crippen LogP contribution in [0.15, 0.2) is 72.8 Å². The highest BCUT2D eigenvalue weighted by molar-refractivity contribution is 5.46. The van der Waals surface area contributed by atoms with E-state index in [4.69, 9.17) is 28.8 Å². The van der Waals surface area contributed by atoms with Gasteiger partial charge in [0.2, 0.25) is 0 Å². The van der Waals surface area contributed by atoms with Crippen LogP contribution in [-0.4, -0.2) is 68.7 Å². The second-order valence-electron chi connectivity index (χ2n) is 8.96. The van der Waals surface area contributed by atoms with Crippen molar-refractivity contribution in [2.24, 2.45) is 0 Å². The number of epoxide rings is 1. The van der Waals surface area contributed by atoms with Gasteiger partial charge >= 0.3 is 0 Å². The predicted octanol–water partition coefficient (Wildman–Crippen LogP) is 4.18. The van der Waals surface area contributed by atoms with E-state index in [1.807, 2.05) is 43.3 Å². The Kier molecular flexibility index (Phi) is 10.2. The van der Waals surface area contributed by atoms with Gasteiger partial charge < -0.3 is 33.9 Å². The molecule has 1 saturated heterocycles. The van der Waals surface area contributed by atoms with Crippen LogP contribution in [0.1, 0.15) is 36.0 Å². The van der Waals surface area contributed by atoms with Gasteiger partial charge in [0.05, 0.1) is 19.8 Å². The van der Waals surface area contributed by atoms with Crippen molar-refractivity contribution in [3.63, 3.8) is 0 Å². The summed E-state index contributed by atoms with van der Waals surface area (Å²) in [6, 6.07) is 24.2. The van der Waals surface area contributed by atoms with Crippen molar-refractivity contribution in [1.29, 1.82) is 0 Å². The number of ether oxygens (including phenoxy) is 5. The molecular formula is C30H36O7. The molecule has 7 nitrogen and oxygen atoms in total.